The minimum Gasteiger partial charge on any atom is -0.462 e. The van der Waals surface area contributed by atoms with Gasteiger partial charge in [-0.05, 0) is 44.0 Å². The predicted molar refractivity (Wildman–Crippen MR) is 114 cm³/mol. The van der Waals surface area contributed by atoms with E-state index in [9.17, 15) is 18.8 Å². The van der Waals surface area contributed by atoms with Crippen molar-refractivity contribution in [2.24, 2.45) is 0 Å². The van der Waals surface area contributed by atoms with E-state index in [0.29, 0.717) is 11.3 Å². The zero-order valence-corrected chi connectivity index (χ0v) is 17.5. The molecule has 0 saturated heterocycles. The molecule has 0 fully saturated rings. The number of carbonyl (C=O) groups is 3. The first kappa shape index (κ1) is 22.0. The first-order valence-electron chi connectivity index (χ1n) is 9.89. The number of aromatic nitrogens is 1. The van der Waals surface area contributed by atoms with Crippen molar-refractivity contribution in [1.82, 2.24) is 10.3 Å². The van der Waals surface area contributed by atoms with Crippen LogP contribution in [0.2, 0.25) is 0 Å². The van der Waals surface area contributed by atoms with Gasteiger partial charge in [0, 0.05) is 11.3 Å². The number of amides is 1. The van der Waals surface area contributed by atoms with Crippen molar-refractivity contribution in [3.8, 4) is 11.1 Å². The number of nitrogens with one attached hydrogen (secondary N) is 2. The third kappa shape index (κ3) is 4.71. The van der Waals surface area contributed by atoms with Crippen LogP contribution < -0.4 is 5.32 Å². The van der Waals surface area contributed by atoms with Crippen LogP contribution in [-0.2, 0) is 9.53 Å². The third-order valence-electron chi connectivity index (χ3n) is 4.88. The van der Waals surface area contributed by atoms with Crippen LogP contribution in [0.25, 0.3) is 11.1 Å². The van der Waals surface area contributed by atoms with Crippen molar-refractivity contribution < 1.29 is 23.5 Å². The summed E-state index contributed by atoms with van der Waals surface area (Å²) in [5.41, 5.74) is 1.94. The average Bonchev–Trinajstić information content (AvgIpc) is 3.11. The fourth-order valence-corrected chi connectivity index (χ4v) is 3.36. The van der Waals surface area contributed by atoms with Gasteiger partial charge in [0.1, 0.15) is 11.5 Å². The van der Waals surface area contributed by atoms with Gasteiger partial charge in [-0.1, -0.05) is 42.5 Å². The number of hydrogen-bond donors (Lipinski definition) is 2. The molecule has 1 atom stereocenters. The number of aromatic amines is 1. The summed E-state index contributed by atoms with van der Waals surface area (Å²) in [5.74, 6) is -2.75. The van der Waals surface area contributed by atoms with Crippen LogP contribution in [0, 0.1) is 12.7 Å². The molecule has 1 amide bonds. The quantitative estimate of drug-likeness (QED) is 0.336. The molecule has 0 spiro atoms. The summed E-state index contributed by atoms with van der Waals surface area (Å²) >= 11 is 0. The van der Waals surface area contributed by atoms with Crippen LogP contribution in [0.1, 0.15) is 52.0 Å². The van der Waals surface area contributed by atoms with Crippen molar-refractivity contribution in [2.75, 3.05) is 6.61 Å². The van der Waals surface area contributed by atoms with Gasteiger partial charge < -0.3 is 15.0 Å². The molecule has 0 radical (unpaired) electrons. The zero-order chi connectivity index (χ0) is 22.5. The van der Waals surface area contributed by atoms with E-state index in [1.54, 1.807) is 20.8 Å². The van der Waals surface area contributed by atoms with E-state index in [2.05, 4.69) is 10.3 Å². The van der Waals surface area contributed by atoms with Gasteiger partial charge in [-0.3, -0.25) is 9.59 Å². The summed E-state index contributed by atoms with van der Waals surface area (Å²) in [7, 11) is 0. The summed E-state index contributed by atoms with van der Waals surface area (Å²) in [6.07, 6.45) is 0. The topological polar surface area (TPSA) is 88.3 Å². The second-order valence-corrected chi connectivity index (χ2v) is 7.04. The monoisotopic (exact) mass is 422 g/mol. The van der Waals surface area contributed by atoms with E-state index in [0.717, 1.165) is 5.56 Å². The number of benzene rings is 2. The Bertz CT molecular complexity index is 1100. The molecule has 0 bridgehead atoms. The molecule has 160 valence electrons. The Labute approximate surface area is 179 Å². The maximum absolute atomic E-state index is 13.4. The van der Waals surface area contributed by atoms with Gasteiger partial charge in [0.05, 0.1) is 18.2 Å². The summed E-state index contributed by atoms with van der Waals surface area (Å²) in [5, 5.41) is 2.68. The molecule has 0 saturated carbocycles. The molecular weight excluding hydrogens is 399 g/mol. The molecule has 2 aromatic carbocycles. The average molecular weight is 422 g/mol. The smallest absolute Gasteiger partial charge is 0.340 e. The highest BCUT2D eigenvalue weighted by Gasteiger charge is 2.30. The number of halogens is 1. The van der Waals surface area contributed by atoms with Crippen LogP contribution in [0.5, 0.6) is 0 Å². The van der Waals surface area contributed by atoms with Crippen LogP contribution in [-0.4, -0.2) is 29.3 Å². The van der Waals surface area contributed by atoms with Gasteiger partial charge in [0.25, 0.3) is 11.7 Å². The highest BCUT2D eigenvalue weighted by molar-refractivity contribution is 6.44. The van der Waals surface area contributed by atoms with E-state index >= 15 is 0 Å². The van der Waals surface area contributed by atoms with Gasteiger partial charge in [-0.25, -0.2) is 9.18 Å². The van der Waals surface area contributed by atoms with Gasteiger partial charge in [-0.2, -0.15) is 0 Å². The first-order valence-corrected chi connectivity index (χ1v) is 9.89. The minimum absolute atomic E-state index is 0.0510. The number of rotatable bonds is 7. The van der Waals surface area contributed by atoms with Crippen molar-refractivity contribution >= 4 is 17.7 Å². The van der Waals surface area contributed by atoms with Crippen molar-refractivity contribution in [3.05, 3.63) is 82.9 Å². The van der Waals surface area contributed by atoms with Crippen LogP contribution >= 0.6 is 0 Å². The van der Waals surface area contributed by atoms with Crippen LogP contribution in [0.15, 0.2) is 54.6 Å². The fraction of sp³-hybridized carbons (Fsp3) is 0.208. The lowest BCUT2D eigenvalue weighted by molar-refractivity contribution is -0.117. The minimum atomic E-state index is -0.833. The number of aryl methyl sites for hydroxylation is 1. The number of ether oxygens (including phenoxy) is 1. The van der Waals surface area contributed by atoms with Crippen molar-refractivity contribution in [2.45, 2.75) is 26.8 Å². The molecule has 31 heavy (non-hydrogen) atoms. The van der Waals surface area contributed by atoms with Crippen molar-refractivity contribution in [3.63, 3.8) is 0 Å². The zero-order valence-electron chi connectivity index (χ0n) is 17.5. The maximum atomic E-state index is 13.4. The lowest BCUT2D eigenvalue weighted by atomic mass is 9.98. The number of H-pyrrole nitrogens is 1. The molecule has 1 heterocycles. The van der Waals surface area contributed by atoms with Gasteiger partial charge in [0.2, 0.25) is 0 Å². The Balaban J connectivity index is 2.00. The van der Waals surface area contributed by atoms with Gasteiger partial charge in [0.15, 0.2) is 0 Å². The Morgan fingerprint density at radius 1 is 1.06 bits per heavy atom. The van der Waals surface area contributed by atoms with Crippen LogP contribution in [0.4, 0.5) is 4.39 Å². The Kier molecular flexibility index (Phi) is 6.65. The van der Waals surface area contributed by atoms with Gasteiger partial charge in [-0.15, -0.1) is 0 Å². The van der Waals surface area contributed by atoms with E-state index in [1.807, 2.05) is 30.3 Å². The molecule has 0 aliphatic rings. The second-order valence-electron chi connectivity index (χ2n) is 7.04. The maximum Gasteiger partial charge on any atom is 0.340 e. The second kappa shape index (κ2) is 9.38. The number of hydrogen-bond acceptors (Lipinski definition) is 4. The van der Waals surface area contributed by atoms with E-state index in [1.165, 1.54) is 24.3 Å². The molecule has 2 N–H and O–H groups in total. The number of esters is 1. The van der Waals surface area contributed by atoms with E-state index < -0.39 is 29.5 Å². The lowest BCUT2D eigenvalue weighted by Gasteiger charge is -2.14. The summed E-state index contributed by atoms with van der Waals surface area (Å²) in [4.78, 5) is 41.2. The molecule has 3 aromatic rings. The molecule has 1 aromatic heterocycles. The predicted octanol–water partition coefficient (Wildman–Crippen LogP) is 4.37. The number of ketones is 1. The largest absolute Gasteiger partial charge is 0.462 e. The molecule has 6 nitrogen and oxygen atoms in total. The van der Waals surface area contributed by atoms with E-state index in [-0.39, 0.29) is 23.4 Å². The molecule has 0 aliphatic heterocycles. The molecular formula is C24H23FN2O4. The standard InChI is InChI=1S/C24H23FN2O4/c1-4-31-24(30)19-15(3)26-21(20(19)17-10-12-18(25)13-11-17)22(28)23(29)27-14(2)16-8-6-5-7-9-16/h5-14,26H,4H2,1-3H3,(H,27,29)/t14-/m1/s1. The van der Waals surface area contributed by atoms with Gasteiger partial charge >= 0.3 is 5.97 Å². The first-order chi connectivity index (χ1) is 14.8. The Morgan fingerprint density at radius 2 is 1.71 bits per heavy atom. The summed E-state index contributed by atoms with van der Waals surface area (Å²) in [6.45, 7) is 5.19. The SMILES string of the molecule is CCOC(=O)c1c(C)[nH]c(C(=O)C(=O)N[C@H](C)c2ccccc2)c1-c1ccc(F)cc1. The lowest BCUT2D eigenvalue weighted by Crippen LogP contribution is -2.33. The highest BCUT2D eigenvalue weighted by atomic mass is 19.1. The summed E-state index contributed by atoms with van der Waals surface area (Å²) < 4.78 is 18.6. The molecule has 7 heteroatoms. The summed E-state index contributed by atoms with van der Waals surface area (Å²) in [6, 6.07) is 14.2. The normalized spacial score (nSPS) is 11.6. The fourth-order valence-electron chi connectivity index (χ4n) is 3.36. The van der Waals surface area contributed by atoms with Crippen LogP contribution in [0.3, 0.4) is 0 Å². The van der Waals surface area contributed by atoms with Crippen molar-refractivity contribution in [1.29, 1.82) is 0 Å². The highest BCUT2D eigenvalue weighted by Crippen LogP contribution is 2.32. The molecule has 0 aliphatic carbocycles. The molecule has 0 unspecified atom stereocenters. The molecule has 3 rings (SSSR count). The third-order valence-corrected chi connectivity index (χ3v) is 4.88. The number of carbonyl (C=O) groups excluding carboxylic acids is 3. The Morgan fingerprint density at radius 3 is 2.32 bits per heavy atom. The van der Waals surface area contributed by atoms with E-state index in [4.69, 9.17) is 4.74 Å². The number of Topliss-reactive ketones (excluding diaryl/α,β-unsaturated/α-hetero) is 1. The Hall–Kier alpha value is -3.74.